The largest absolute Gasteiger partial charge is 0.481 e. The van der Waals surface area contributed by atoms with Gasteiger partial charge in [0.05, 0.1) is 18.8 Å². The molecule has 21 heavy (non-hydrogen) atoms. The van der Waals surface area contributed by atoms with Gasteiger partial charge < -0.3 is 19.5 Å². The first-order valence-corrected chi connectivity index (χ1v) is 7.62. The highest BCUT2D eigenvalue weighted by atomic mass is 16.5. The van der Waals surface area contributed by atoms with Crippen LogP contribution in [0.3, 0.4) is 0 Å². The predicted octanol–water partition coefficient (Wildman–Crippen LogP) is 1.28. The van der Waals surface area contributed by atoms with Gasteiger partial charge in [-0.2, -0.15) is 0 Å². The van der Waals surface area contributed by atoms with Crippen LogP contribution < -0.4 is 0 Å². The number of methoxy groups -OCH3 is 1. The van der Waals surface area contributed by atoms with E-state index in [1.54, 1.807) is 4.90 Å². The average molecular weight is 299 g/mol. The Balaban J connectivity index is 1.82. The number of aliphatic carboxylic acids is 1. The summed E-state index contributed by atoms with van der Waals surface area (Å²) in [6.07, 6.45) is 4.15. The van der Waals surface area contributed by atoms with Crippen molar-refractivity contribution in [3.8, 4) is 0 Å². The number of nitrogens with zero attached hydrogens (tertiary/aromatic N) is 1. The molecule has 1 amide bonds. The first kappa shape index (κ1) is 16.2. The summed E-state index contributed by atoms with van der Waals surface area (Å²) in [5, 5.41) is 9.39. The first-order chi connectivity index (χ1) is 9.97. The summed E-state index contributed by atoms with van der Waals surface area (Å²) in [5.41, 5.74) is -0.942. The van der Waals surface area contributed by atoms with Gasteiger partial charge in [-0.3, -0.25) is 9.59 Å². The van der Waals surface area contributed by atoms with Crippen molar-refractivity contribution in [2.24, 2.45) is 5.41 Å². The lowest BCUT2D eigenvalue weighted by Crippen LogP contribution is -2.40. The standard InChI is InChI=1S/C15H25NO5/c1-11-3-4-12(21-11)5-6-13(17)16-8-7-15(9-16,10-20-2)14(18)19/h11-12H,3-10H2,1-2H3,(H,18,19)/t11-,12+,15+/m1/s1. The van der Waals surface area contributed by atoms with Crippen LogP contribution in [0.2, 0.25) is 0 Å². The Kier molecular flexibility index (Phi) is 5.22. The number of carboxylic acid groups (broad SMARTS) is 1. The average Bonchev–Trinajstić information content (AvgIpc) is 3.04. The molecular formula is C15H25NO5. The molecule has 6 nitrogen and oxygen atoms in total. The Hall–Kier alpha value is -1.14. The van der Waals surface area contributed by atoms with Gasteiger partial charge >= 0.3 is 5.97 Å². The fraction of sp³-hybridized carbons (Fsp3) is 0.867. The third kappa shape index (κ3) is 3.74. The number of carbonyl (C=O) groups is 2. The van der Waals surface area contributed by atoms with E-state index in [9.17, 15) is 14.7 Å². The van der Waals surface area contributed by atoms with Crippen LogP contribution in [0.15, 0.2) is 0 Å². The molecule has 0 unspecified atom stereocenters. The van der Waals surface area contributed by atoms with Gasteiger partial charge in [-0.05, 0) is 32.6 Å². The molecule has 0 aliphatic carbocycles. The molecule has 120 valence electrons. The second kappa shape index (κ2) is 6.75. The van der Waals surface area contributed by atoms with Crippen LogP contribution in [0.25, 0.3) is 0 Å². The summed E-state index contributed by atoms with van der Waals surface area (Å²) in [4.78, 5) is 25.3. The molecule has 6 heteroatoms. The molecule has 0 aromatic rings. The number of hydrogen-bond acceptors (Lipinski definition) is 4. The maximum absolute atomic E-state index is 12.2. The second-order valence-corrected chi connectivity index (χ2v) is 6.27. The zero-order valence-electron chi connectivity index (χ0n) is 12.8. The van der Waals surface area contributed by atoms with E-state index in [4.69, 9.17) is 9.47 Å². The number of hydrogen-bond donors (Lipinski definition) is 1. The molecule has 0 aromatic heterocycles. The summed E-state index contributed by atoms with van der Waals surface area (Å²) in [7, 11) is 1.49. The number of carbonyl (C=O) groups excluding carboxylic acids is 1. The molecule has 2 rings (SSSR count). The third-order valence-corrected chi connectivity index (χ3v) is 4.58. The molecule has 2 aliphatic rings. The summed E-state index contributed by atoms with van der Waals surface area (Å²) < 4.78 is 10.7. The van der Waals surface area contributed by atoms with Crippen LogP contribution in [-0.2, 0) is 19.1 Å². The Morgan fingerprint density at radius 2 is 2.19 bits per heavy atom. The molecule has 2 aliphatic heterocycles. The fourth-order valence-corrected chi connectivity index (χ4v) is 3.26. The Bertz CT molecular complexity index is 400. The summed E-state index contributed by atoms with van der Waals surface area (Å²) in [6, 6.07) is 0. The fourth-order valence-electron chi connectivity index (χ4n) is 3.26. The molecule has 0 bridgehead atoms. The number of rotatable bonds is 6. The van der Waals surface area contributed by atoms with Crippen molar-refractivity contribution in [2.75, 3.05) is 26.8 Å². The molecule has 2 saturated heterocycles. The molecule has 2 heterocycles. The molecule has 0 saturated carbocycles. The van der Waals surface area contributed by atoms with Gasteiger partial charge in [0, 0.05) is 26.6 Å². The minimum absolute atomic E-state index is 0.0254. The molecular weight excluding hydrogens is 274 g/mol. The Labute approximate surface area is 125 Å². The van der Waals surface area contributed by atoms with Crippen molar-refractivity contribution in [3.63, 3.8) is 0 Å². The van der Waals surface area contributed by atoms with E-state index in [2.05, 4.69) is 0 Å². The maximum Gasteiger partial charge on any atom is 0.313 e. The van der Waals surface area contributed by atoms with Gasteiger partial charge in [-0.15, -0.1) is 0 Å². The van der Waals surface area contributed by atoms with Crippen molar-refractivity contribution in [3.05, 3.63) is 0 Å². The molecule has 1 N–H and O–H groups in total. The Morgan fingerprint density at radius 3 is 2.76 bits per heavy atom. The zero-order chi connectivity index (χ0) is 15.5. The van der Waals surface area contributed by atoms with E-state index in [1.165, 1.54) is 7.11 Å². The number of likely N-dealkylation sites (tertiary alicyclic amines) is 1. The number of ether oxygens (including phenoxy) is 2. The zero-order valence-corrected chi connectivity index (χ0v) is 12.8. The van der Waals surface area contributed by atoms with Crippen molar-refractivity contribution in [2.45, 2.75) is 51.2 Å². The van der Waals surface area contributed by atoms with Crippen LogP contribution in [0, 0.1) is 5.41 Å². The highest BCUT2D eigenvalue weighted by molar-refractivity contribution is 5.80. The minimum Gasteiger partial charge on any atom is -0.481 e. The second-order valence-electron chi connectivity index (χ2n) is 6.27. The van der Waals surface area contributed by atoms with E-state index in [0.29, 0.717) is 25.5 Å². The SMILES string of the molecule is COC[C@]1(C(=O)O)CCN(C(=O)CC[C@@H]2CC[C@@H](C)O2)C1. The van der Waals surface area contributed by atoms with Crippen LogP contribution in [0.5, 0.6) is 0 Å². The van der Waals surface area contributed by atoms with Gasteiger partial charge in [0.2, 0.25) is 5.91 Å². The highest BCUT2D eigenvalue weighted by Gasteiger charge is 2.46. The van der Waals surface area contributed by atoms with Gasteiger partial charge in [-0.1, -0.05) is 0 Å². The van der Waals surface area contributed by atoms with Crippen LogP contribution in [0.4, 0.5) is 0 Å². The van der Waals surface area contributed by atoms with Crippen molar-refractivity contribution >= 4 is 11.9 Å². The topological polar surface area (TPSA) is 76.1 Å². The van der Waals surface area contributed by atoms with Crippen molar-refractivity contribution in [1.29, 1.82) is 0 Å². The van der Waals surface area contributed by atoms with E-state index < -0.39 is 11.4 Å². The van der Waals surface area contributed by atoms with Crippen LogP contribution >= 0.6 is 0 Å². The normalized spacial score (nSPS) is 32.6. The van der Waals surface area contributed by atoms with E-state index in [0.717, 1.165) is 19.3 Å². The van der Waals surface area contributed by atoms with E-state index in [-0.39, 0.29) is 25.2 Å². The molecule has 2 fully saturated rings. The Morgan fingerprint density at radius 1 is 1.43 bits per heavy atom. The summed E-state index contributed by atoms with van der Waals surface area (Å²) in [6.45, 7) is 2.94. The van der Waals surface area contributed by atoms with Crippen molar-refractivity contribution in [1.82, 2.24) is 4.90 Å². The molecule has 0 spiro atoms. The lowest BCUT2D eigenvalue weighted by Gasteiger charge is -2.24. The van der Waals surface area contributed by atoms with E-state index in [1.807, 2.05) is 6.92 Å². The lowest BCUT2D eigenvalue weighted by atomic mass is 9.88. The van der Waals surface area contributed by atoms with Crippen LogP contribution in [-0.4, -0.2) is 60.9 Å². The van der Waals surface area contributed by atoms with Crippen LogP contribution in [0.1, 0.15) is 39.0 Å². The van der Waals surface area contributed by atoms with Gasteiger partial charge in [-0.25, -0.2) is 0 Å². The molecule has 3 atom stereocenters. The maximum atomic E-state index is 12.2. The molecule has 0 radical (unpaired) electrons. The summed E-state index contributed by atoms with van der Waals surface area (Å²) in [5.74, 6) is -0.856. The first-order valence-electron chi connectivity index (χ1n) is 7.62. The highest BCUT2D eigenvalue weighted by Crippen LogP contribution is 2.32. The molecule has 0 aromatic carbocycles. The third-order valence-electron chi connectivity index (χ3n) is 4.58. The van der Waals surface area contributed by atoms with Gasteiger partial charge in [0.25, 0.3) is 0 Å². The quantitative estimate of drug-likeness (QED) is 0.799. The number of carboxylic acids is 1. The summed E-state index contributed by atoms with van der Waals surface area (Å²) >= 11 is 0. The minimum atomic E-state index is -0.942. The van der Waals surface area contributed by atoms with Gasteiger partial charge in [0.15, 0.2) is 0 Å². The predicted molar refractivity (Wildman–Crippen MR) is 75.9 cm³/mol. The lowest BCUT2D eigenvalue weighted by molar-refractivity contribution is -0.151. The monoisotopic (exact) mass is 299 g/mol. The number of amides is 1. The van der Waals surface area contributed by atoms with Crippen molar-refractivity contribution < 1.29 is 24.2 Å². The van der Waals surface area contributed by atoms with E-state index >= 15 is 0 Å². The smallest absolute Gasteiger partial charge is 0.313 e. The van der Waals surface area contributed by atoms with Gasteiger partial charge in [0.1, 0.15) is 5.41 Å².